The van der Waals surface area contributed by atoms with E-state index in [9.17, 15) is 13.2 Å². The summed E-state index contributed by atoms with van der Waals surface area (Å²) in [6.45, 7) is 8.99. The van der Waals surface area contributed by atoms with Crippen molar-refractivity contribution < 1.29 is 13.2 Å². The Hall–Kier alpha value is -1.01. The van der Waals surface area contributed by atoms with Gasteiger partial charge in [0.15, 0.2) is 9.84 Å². The predicted octanol–water partition coefficient (Wildman–Crippen LogP) is 3.11. The molecule has 0 radical (unpaired) electrons. The molecule has 0 spiro atoms. The zero-order valence-corrected chi connectivity index (χ0v) is 16.5. The van der Waals surface area contributed by atoms with Crippen molar-refractivity contribution in [1.29, 1.82) is 0 Å². The van der Waals surface area contributed by atoms with Crippen molar-refractivity contribution in [2.75, 3.05) is 23.8 Å². The highest BCUT2D eigenvalue weighted by Crippen LogP contribution is 2.26. The van der Waals surface area contributed by atoms with E-state index < -0.39 is 9.84 Å². The molecule has 2 rings (SSSR count). The van der Waals surface area contributed by atoms with Gasteiger partial charge in [-0.25, -0.2) is 8.42 Å². The molecular formula is C18H27NO3S2. The summed E-state index contributed by atoms with van der Waals surface area (Å²) >= 11 is 1.51. The molecule has 0 aliphatic carbocycles. The fourth-order valence-corrected chi connectivity index (χ4v) is 5.45. The van der Waals surface area contributed by atoms with Crippen molar-refractivity contribution in [1.82, 2.24) is 4.90 Å². The first-order valence-electron chi connectivity index (χ1n) is 8.35. The third-order valence-corrected chi connectivity index (χ3v) is 7.14. The number of carbonyl (C=O) groups is 1. The number of hydrogen-bond donors (Lipinski definition) is 0. The van der Waals surface area contributed by atoms with Crippen LogP contribution >= 0.6 is 11.8 Å². The molecule has 4 nitrogen and oxygen atoms in total. The van der Waals surface area contributed by atoms with Gasteiger partial charge in [-0.3, -0.25) is 4.79 Å². The maximum absolute atomic E-state index is 12.5. The molecule has 1 aliphatic rings. The Labute approximate surface area is 149 Å². The highest BCUT2D eigenvalue weighted by molar-refractivity contribution is 8.00. The van der Waals surface area contributed by atoms with Gasteiger partial charge < -0.3 is 4.90 Å². The zero-order valence-electron chi connectivity index (χ0n) is 14.9. The van der Waals surface area contributed by atoms with Crippen molar-refractivity contribution in [2.24, 2.45) is 0 Å². The number of carbonyl (C=O) groups excluding carboxylic acids is 1. The Morgan fingerprint density at radius 2 is 1.88 bits per heavy atom. The van der Waals surface area contributed by atoms with Crippen molar-refractivity contribution in [3.8, 4) is 0 Å². The van der Waals surface area contributed by atoms with Gasteiger partial charge in [-0.2, -0.15) is 0 Å². The largest absolute Gasteiger partial charge is 0.338 e. The fourth-order valence-electron chi connectivity index (χ4n) is 2.94. The maximum atomic E-state index is 12.5. The lowest BCUT2D eigenvalue weighted by Gasteiger charge is -2.26. The number of thioether (sulfide) groups is 1. The van der Waals surface area contributed by atoms with E-state index in [4.69, 9.17) is 0 Å². The summed E-state index contributed by atoms with van der Waals surface area (Å²) in [4.78, 5) is 15.3. The number of nitrogens with zero attached hydrogens (tertiary/aromatic N) is 1. The molecule has 0 N–H and O–H groups in total. The smallest absolute Gasteiger partial charge is 0.233 e. The SMILES string of the molecule is CCN(C(=O)CSc1ccc(C(C)(C)C)cc1)C1CCS(=O)(=O)C1. The van der Waals surface area contributed by atoms with Gasteiger partial charge in [-0.15, -0.1) is 11.8 Å². The van der Waals surface area contributed by atoms with Crippen molar-refractivity contribution in [2.45, 2.75) is 50.5 Å². The van der Waals surface area contributed by atoms with Gasteiger partial charge in [0.1, 0.15) is 0 Å². The third-order valence-electron chi connectivity index (χ3n) is 4.39. The Morgan fingerprint density at radius 1 is 1.25 bits per heavy atom. The molecule has 1 saturated heterocycles. The number of hydrogen-bond acceptors (Lipinski definition) is 4. The van der Waals surface area contributed by atoms with Crippen molar-refractivity contribution in [3.63, 3.8) is 0 Å². The summed E-state index contributed by atoms with van der Waals surface area (Å²) in [6, 6.07) is 8.15. The predicted molar refractivity (Wildman–Crippen MR) is 100 cm³/mol. The van der Waals surface area contributed by atoms with Crippen LogP contribution in [-0.4, -0.2) is 49.1 Å². The summed E-state index contributed by atoms with van der Waals surface area (Å²) in [7, 11) is -2.97. The molecule has 1 amide bonds. The molecule has 0 aromatic heterocycles. The van der Waals surface area contributed by atoms with E-state index in [0.29, 0.717) is 18.7 Å². The minimum atomic E-state index is -2.97. The lowest BCUT2D eigenvalue weighted by molar-refractivity contribution is -0.129. The van der Waals surface area contributed by atoms with E-state index in [0.717, 1.165) is 4.90 Å². The average Bonchev–Trinajstić information content (AvgIpc) is 2.85. The van der Waals surface area contributed by atoms with Gasteiger partial charge >= 0.3 is 0 Å². The van der Waals surface area contributed by atoms with Gasteiger partial charge in [-0.05, 0) is 36.5 Å². The van der Waals surface area contributed by atoms with Crippen molar-refractivity contribution in [3.05, 3.63) is 29.8 Å². The van der Waals surface area contributed by atoms with Gasteiger partial charge in [0, 0.05) is 17.5 Å². The first-order chi connectivity index (χ1) is 11.1. The fraction of sp³-hybridized carbons (Fsp3) is 0.611. The van der Waals surface area contributed by atoms with Gasteiger partial charge in [0.25, 0.3) is 0 Å². The second-order valence-electron chi connectivity index (χ2n) is 7.30. The molecule has 1 aromatic carbocycles. The summed E-state index contributed by atoms with van der Waals surface area (Å²) in [5.74, 6) is 0.670. The molecule has 24 heavy (non-hydrogen) atoms. The van der Waals surface area contributed by atoms with Gasteiger partial charge in [-0.1, -0.05) is 32.9 Å². The van der Waals surface area contributed by atoms with E-state index in [-0.39, 0.29) is 28.9 Å². The third kappa shape index (κ3) is 4.99. The first kappa shape index (κ1) is 19.3. The molecule has 1 aromatic rings. The Balaban J connectivity index is 1.94. The average molecular weight is 370 g/mol. The van der Waals surface area contributed by atoms with Crippen LogP contribution in [0.4, 0.5) is 0 Å². The van der Waals surface area contributed by atoms with Crippen LogP contribution in [0.3, 0.4) is 0 Å². The normalized spacial score (nSPS) is 20.1. The van der Waals surface area contributed by atoms with E-state index in [1.54, 1.807) is 4.90 Å². The highest BCUT2D eigenvalue weighted by atomic mass is 32.2. The standard InChI is InChI=1S/C18H27NO3S2/c1-5-19(15-10-11-24(21,22)13-15)17(20)12-23-16-8-6-14(7-9-16)18(2,3)4/h6-9,15H,5,10-13H2,1-4H3. The maximum Gasteiger partial charge on any atom is 0.233 e. The van der Waals surface area contributed by atoms with E-state index in [2.05, 4.69) is 45.0 Å². The van der Waals surface area contributed by atoms with Crippen LogP contribution in [0.5, 0.6) is 0 Å². The molecular weight excluding hydrogens is 342 g/mol. The molecule has 0 saturated carbocycles. The lowest BCUT2D eigenvalue weighted by Crippen LogP contribution is -2.41. The van der Waals surface area contributed by atoms with Crippen LogP contribution in [-0.2, 0) is 20.0 Å². The number of sulfone groups is 1. The van der Waals surface area contributed by atoms with Crippen LogP contribution in [0.25, 0.3) is 0 Å². The van der Waals surface area contributed by atoms with Crippen LogP contribution in [0, 0.1) is 0 Å². The molecule has 0 bridgehead atoms. The molecule has 134 valence electrons. The molecule has 1 fully saturated rings. The van der Waals surface area contributed by atoms with E-state index in [1.165, 1.54) is 17.3 Å². The number of amides is 1. The van der Waals surface area contributed by atoms with Crippen LogP contribution in [0.2, 0.25) is 0 Å². The summed E-state index contributed by atoms with van der Waals surface area (Å²) in [5, 5.41) is 0. The monoisotopic (exact) mass is 369 g/mol. The van der Waals surface area contributed by atoms with Crippen LogP contribution in [0.15, 0.2) is 29.2 Å². The van der Waals surface area contributed by atoms with Gasteiger partial charge in [0.2, 0.25) is 5.91 Å². The number of rotatable bonds is 5. The summed E-state index contributed by atoms with van der Waals surface area (Å²) in [6.07, 6.45) is 0.562. The topological polar surface area (TPSA) is 54.5 Å². The second-order valence-corrected chi connectivity index (χ2v) is 10.6. The molecule has 1 atom stereocenters. The second kappa shape index (κ2) is 7.48. The molecule has 6 heteroatoms. The van der Waals surface area contributed by atoms with Crippen LogP contribution in [0.1, 0.15) is 39.7 Å². The van der Waals surface area contributed by atoms with Crippen molar-refractivity contribution >= 4 is 27.5 Å². The molecule has 1 heterocycles. The number of benzene rings is 1. The van der Waals surface area contributed by atoms with E-state index >= 15 is 0 Å². The van der Waals surface area contributed by atoms with E-state index in [1.807, 2.05) is 6.92 Å². The highest BCUT2D eigenvalue weighted by Gasteiger charge is 2.33. The summed E-state index contributed by atoms with van der Waals surface area (Å²) < 4.78 is 23.3. The Morgan fingerprint density at radius 3 is 2.33 bits per heavy atom. The Kier molecular flexibility index (Phi) is 6.02. The minimum Gasteiger partial charge on any atom is -0.338 e. The minimum absolute atomic E-state index is 0.0181. The quantitative estimate of drug-likeness (QED) is 0.749. The first-order valence-corrected chi connectivity index (χ1v) is 11.2. The van der Waals surface area contributed by atoms with Crippen LogP contribution < -0.4 is 0 Å². The molecule has 1 aliphatic heterocycles. The zero-order chi connectivity index (χ0) is 18.0. The lowest BCUT2D eigenvalue weighted by atomic mass is 9.87. The summed E-state index contributed by atoms with van der Waals surface area (Å²) in [5.41, 5.74) is 1.39. The Bertz CT molecular complexity index is 675. The van der Waals surface area contributed by atoms with Gasteiger partial charge in [0.05, 0.1) is 17.3 Å². The molecule has 1 unspecified atom stereocenters.